The van der Waals surface area contributed by atoms with Gasteiger partial charge < -0.3 is 15.2 Å². The number of rotatable bonds is 2. The maximum Gasteiger partial charge on any atom is 0.160 e. The van der Waals surface area contributed by atoms with E-state index in [0.717, 1.165) is 12.1 Å². The normalized spacial score (nSPS) is 25.5. The Hall–Kier alpha value is -0.870. The molecule has 0 radical (unpaired) electrons. The van der Waals surface area contributed by atoms with Gasteiger partial charge in [-0.05, 0) is 17.7 Å². The van der Waals surface area contributed by atoms with Crippen molar-refractivity contribution in [2.24, 2.45) is 0 Å². The SMILES string of the molecule is COc1cc(C2NCC(C)S2)ccc1O. The number of benzene rings is 1. The molecule has 15 heavy (non-hydrogen) atoms. The molecule has 1 fully saturated rings. The lowest BCUT2D eigenvalue weighted by Gasteiger charge is -2.12. The number of nitrogens with one attached hydrogen (secondary N) is 1. The zero-order chi connectivity index (χ0) is 10.8. The van der Waals surface area contributed by atoms with Crippen molar-refractivity contribution in [2.45, 2.75) is 17.5 Å². The van der Waals surface area contributed by atoms with E-state index in [1.165, 1.54) is 0 Å². The second-order valence-electron chi connectivity index (χ2n) is 3.67. The lowest BCUT2D eigenvalue weighted by Crippen LogP contribution is -2.13. The molecular weight excluding hydrogens is 210 g/mol. The van der Waals surface area contributed by atoms with Gasteiger partial charge in [-0.1, -0.05) is 13.0 Å². The molecule has 1 aliphatic rings. The summed E-state index contributed by atoms with van der Waals surface area (Å²) in [5.74, 6) is 0.728. The largest absolute Gasteiger partial charge is 0.504 e. The van der Waals surface area contributed by atoms with Crippen LogP contribution in [0.25, 0.3) is 0 Å². The van der Waals surface area contributed by atoms with Crippen molar-refractivity contribution in [1.29, 1.82) is 0 Å². The summed E-state index contributed by atoms with van der Waals surface area (Å²) in [4.78, 5) is 0. The van der Waals surface area contributed by atoms with Crippen molar-refractivity contribution >= 4 is 11.8 Å². The maximum absolute atomic E-state index is 9.48. The van der Waals surface area contributed by atoms with E-state index in [9.17, 15) is 5.11 Å². The van der Waals surface area contributed by atoms with Crippen molar-refractivity contribution in [2.75, 3.05) is 13.7 Å². The highest BCUT2D eigenvalue weighted by Gasteiger charge is 2.23. The minimum absolute atomic E-state index is 0.192. The first-order chi connectivity index (χ1) is 7.20. The molecule has 2 unspecified atom stereocenters. The monoisotopic (exact) mass is 225 g/mol. The lowest BCUT2D eigenvalue weighted by atomic mass is 10.2. The molecule has 82 valence electrons. The highest BCUT2D eigenvalue weighted by molar-refractivity contribution is 8.00. The number of aromatic hydroxyl groups is 1. The standard InChI is InChI=1S/C11H15NO2S/c1-7-6-12-11(15-7)8-3-4-9(13)10(5-8)14-2/h3-5,7,11-13H,6H2,1-2H3. The summed E-state index contributed by atoms with van der Waals surface area (Å²) in [5, 5.41) is 13.8. The van der Waals surface area contributed by atoms with Crippen LogP contribution in [0.1, 0.15) is 17.9 Å². The van der Waals surface area contributed by atoms with Gasteiger partial charge in [0.15, 0.2) is 11.5 Å². The fourth-order valence-corrected chi connectivity index (χ4v) is 2.81. The third kappa shape index (κ3) is 2.21. The Morgan fingerprint density at radius 2 is 2.33 bits per heavy atom. The van der Waals surface area contributed by atoms with Gasteiger partial charge in [0, 0.05) is 11.8 Å². The Bertz CT molecular complexity index is 356. The maximum atomic E-state index is 9.48. The van der Waals surface area contributed by atoms with Crippen molar-refractivity contribution < 1.29 is 9.84 Å². The van der Waals surface area contributed by atoms with Gasteiger partial charge >= 0.3 is 0 Å². The van der Waals surface area contributed by atoms with Crippen LogP contribution >= 0.6 is 11.8 Å². The molecule has 1 aromatic carbocycles. The molecular formula is C11H15NO2S. The molecule has 2 N–H and O–H groups in total. The van der Waals surface area contributed by atoms with E-state index in [0.29, 0.717) is 16.4 Å². The highest BCUT2D eigenvalue weighted by atomic mass is 32.2. The first-order valence-electron chi connectivity index (χ1n) is 4.96. The summed E-state index contributed by atoms with van der Waals surface area (Å²) in [6, 6.07) is 5.50. The summed E-state index contributed by atoms with van der Waals surface area (Å²) >= 11 is 1.90. The molecule has 2 rings (SSSR count). The Balaban J connectivity index is 2.21. The molecule has 0 amide bonds. The van der Waals surface area contributed by atoms with E-state index in [4.69, 9.17) is 4.74 Å². The van der Waals surface area contributed by atoms with Gasteiger partial charge in [-0.3, -0.25) is 0 Å². The first kappa shape index (κ1) is 10.6. The Labute approximate surface area is 93.8 Å². The van der Waals surface area contributed by atoms with Crippen LogP contribution in [0.2, 0.25) is 0 Å². The van der Waals surface area contributed by atoms with Crippen molar-refractivity contribution in [1.82, 2.24) is 5.32 Å². The Morgan fingerprint density at radius 1 is 1.53 bits per heavy atom. The zero-order valence-electron chi connectivity index (χ0n) is 8.86. The summed E-state index contributed by atoms with van der Waals surface area (Å²) < 4.78 is 5.08. The van der Waals surface area contributed by atoms with Crippen LogP contribution in [0.3, 0.4) is 0 Å². The topological polar surface area (TPSA) is 41.5 Å². The van der Waals surface area contributed by atoms with E-state index in [1.54, 1.807) is 13.2 Å². The highest BCUT2D eigenvalue weighted by Crippen LogP contribution is 2.37. The molecule has 1 aliphatic heterocycles. The second kappa shape index (κ2) is 4.33. The molecule has 3 nitrogen and oxygen atoms in total. The molecule has 2 atom stereocenters. The third-order valence-electron chi connectivity index (χ3n) is 2.47. The zero-order valence-corrected chi connectivity index (χ0v) is 9.67. The van der Waals surface area contributed by atoms with Gasteiger partial charge in [-0.15, -0.1) is 11.8 Å². The van der Waals surface area contributed by atoms with Crippen molar-refractivity contribution in [3.8, 4) is 11.5 Å². The quantitative estimate of drug-likeness (QED) is 0.809. The van der Waals surface area contributed by atoms with Crippen LogP contribution in [0.4, 0.5) is 0 Å². The van der Waals surface area contributed by atoms with Crippen LogP contribution in [0.15, 0.2) is 18.2 Å². The van der Waals surface area contributed by atoms with E-state index >= 15 is 0 Å². The number of methoxy groups -OCH3 is 1. The van der Waals surface area contributed by atoms with Crippen LogP contribution in [-0.4, -0.2) is 24.0 Å². The predicted octanol–water partition coefficient (Wildman–Crippen LogP) is 2.12. The summed E-state index contributed by atoms with van der Waals surface area (Å²) in [7, 11) is 1.57. The molecule has 4 heteroatoms. The molecule has 1 heterocycles. The fourth-order valence-electron chi connectivity index (χ4n) is 1.66. The number of hydrogen-bond donors (Lipinski definition) is 2. The van der Waals surface area contributed by atoms with Crippen molar-refractivity contribution in [3.63, 3.8) is 0 Å². The number of phenols is 1. The van der Waals surface area contributed by atoms with E-state index in [2.05, 4.69) is 12.2 Å². The second-order valence-corrected chi connectivity index (χ2v) is 5.21. The van der Waals surface area contributed by atoms with Crippen LogP contribution in [0, 0.1) is 0 Å². The Morgan fingerprint density at radius 3 is 2.93 bits per heavy atom. The minimum Gasteiger partial charge on any atom is -0.504 e. The van der Waals surface area contributed by atoms with Gasteiger partial charge in [0.2, 0.25) is 0 Å². The number of thioether (sulfide) groups is 1. The van der Waals surface area contributed by atoms with Crippen LogP contribution < -0.4 is 10.1 Å². The molecule has 0 spiro atoms. The van der Waals surface area contributed by atoms with Crippen LogP contribution in [0.5, 0.6) is 11.5 Å². The average molecular weight is 225 g/mol. The van der Waals surface area contributed by atoms with Gasteiger partial charge in [0.05, 0.1) is 12.5 Å². The number of hydrogen-bond acceptors (Lipinski definition) is 4. The van der Waals surface area contributed by atoms with Gasteiger partial charge in [-0.2, -0.15) is 0 Å². The molecule has 0 aliphatic carbocycles. The lowest BCUT2D eigenvalue weighted by molar-refractivity contribution is 0.373. The number of phenolic OH excluding ortho intramolecular Hbond substituents is 1. The fraction of sp³-hybridized carbons (Fsp3) is 0.455. The molecule has 1 saturated heterocycles. The average Bonchev–Trinajstić information content (AvgIpc) is 2.66. The molecule has 0 aromatic heterocycles. The summed E-state index contributed by atoms with van der Waals surface area (Å²) in [5.41, 5.74) is 1.15. The smallest absolute Gasteiger partial charge is 0.160 e. The van der Waals surface area contributed by atoms with Crippen LogP contribution in [-0.2, 0) is 0 Å². The molecule has 1 aromatic rings. The molecule has 0 bridgehead atoms. The summed E-state index contributed by atoms with van der Waals surface area (Å²) in [6.45, 7) is 3.23. The Kier molecular flexibility index (Phi) is 3.07. The third-order valence-corrected chi connectivity index (χ3v) is 3.81. The summed E-state index contributed by atoms with van der Waals surface area (Å²) in [6.07, 6.45) is 0. The first-order valence-corrected chi connectivity index (χ1v) is 5.90. The minimum atomic E-state index is 0.192. The van der Waals surface area contributed by atoms with Crippen molar-refractivity contribution in [3.05, 3.63) is 23.8 Å². The predicted molar refractivity (Wildman–Crippen MR) is 62.5 cm³/mol. The van der Waals surface area contributed by atoms with E-state index in [1.807, 2.05) is 23.9 Å². The van der Waals surface area contributed by atoms with Gasteiger partial charge in [0.1, 0.15) is 0 Å². The van der Waals surface area contributed by atoms with Gasteiger partial charge in [0.25, 0.3) is 0 Å². The van der Waals surface area contributed by atoms with Gasteiger partial charge in [-0.25, -0.2) is 0 Å². The molecule has 0 saturated carbocycles. The van der Waals surface area contributed by atoms with E-state index < -0.39 is 0 Å². The number of ether oxygens (including phenoxy) is 1. The van der Waals surface area contributed by atoms with E-state index in [-0.39, 0.29) is 5.75 Å².